The van der Waals surface area contributed by atoms with Gasteiger partial charge in [-0.15, -0.1) is 0 Å². The van der Waals surface area contributed by atoms with Crippen molar-refractivity contribution < 1.29 is 33.0 Å². The molecule has 0 amide bonds. The molecular formula is C34H48O7Si. The Kier molecular flexibility index (Phi) is 7.51. The summed E-state index contributed by atoms with van der Waals surface area (Å²) in [6.45, 7) is 20.8. The van der Waals surface area contributed by atoms with Crippen LogP contribution >= 0.6 is 0 Å². The van der Waals surface area contributed by atoms with Crippen molar-refractivity contribution in [1.82, 2.24) is 0 Å². The molecule has 230 valence electrons. The summed E-state index contributed by atoms with van der Waals surface area (Å²) in [5.41, 5.74) is -0.773. The van der Waals surface area contributed by atoms with Crippen LogP contribution in [0.2, 0.25) is 19.6 Å². The molecular weight excluding hydrogens is 548 g/mol. The van der Waals surface area contributed by atoms with E-state index in [0.29, 0.717) is 18.4 Å². The van der Waals surface area contributed by atoms with Gasteiger partial charge >= 0.3 is 11.9 Å². The van der Waals surface area contributed by atoms with Gasteiger partial charge in [-0.2, -0.15) is 0 Å². The van der Waals surface area contributed by atoms with E-state index in [9.17, 15) is 14.4 Å². The summed E-state index contributed by atoms with van der Waals surface area (Å²) in [5.74, 6) is -1.12. The molecule has 2 saturated carbocycles. The van der Waals surface area contributed by atoms with E-state index in [1.54, 1.807) is 12.1 Å². The first-order chi connectivity index (χ1) is 19.4. The smallest absolute Gasteiger partial charge is 0.338 e. The Morgan fingerprint density at radius 3 is 2.24 bits per heavy atom. The van der Waals surface area contributed by atoms with Crippen molar-refractivity contribution in [3.63, 3.8) is 0 Å². The number of ketones is 1. The molecule has 4 aliphatic rings. The lowest BCUT2D eigenvalue weighted by Gasteiger charge is -2.68. The first-order valence-corrected chi connectivity index (χ1v) is 18.8. The van der Waals surface area contributed by atoms with Crippen LogP contribution in [0.1, 0.15) is 78.1 Å². The molecule has 3 aliphatic carbocycles. The Morgan fingerprint density at radius 2 is 1.69 bits per heavy atom. The lowest BCUT2D eigenvalue weighted by atomic mass is 9.41. The predicted molar refractivity (Wildman–Crippen MR) is 162 cm³/mol. The number of Topliss-reactive ketones (excluding diaryl/α,β-unsaturated/α-hetero) is 1. The molecule has 7 nitrogen and oxygen atoms in total. The zero-order valence-electron chi connectivity index (χ0n) is 27.0. The standard InChI is InChI=1S/C34H48O7Si/c1-20-16-26-34(19-38-26,40-22(3)35)28-29(39-30(37)23-14-12-11-13-15-23)33(7)18-25(41-42(8,9)10)21(2)27(31(33,4)5)24(36)17-32(20,28)6/h11-15,20,25-26,28-29H,16-19H2,1-10H3/t20-,25-,26+,28?,29-,32+,33-,34-/m0/s1. The summed E-state index contributed by atoms with van der Waals surface area (Å²) in [6.07, 6.45) is 0.190. The van der Waals surface area contributed by atoms with E-state index < -0.39 is 54.1 Å². The average Bonchev–Trinajstić information content (AvgIpc) is 2.86. The highest BCUT2D eigenvalue weighted by molar-refractivity contribution is 6.69. The van der Waals surface area contributed by atoms with Crippen molar-refractivity contribution in [1.29, 1.82) is 0 Å². The van der Waals surface area contributed by atoms with Crippen molar-refractivity contribution in [2.24, 2.45) is 28.1 Å². The van der Waals surface area contributed by atoms with Crippen molar-refractivity contribution in [2.75, 3.05) is 6.61 Å². The summed E-state index contributed by atoms with van der Waals surface area (Å²) in [5, 5.41) is 0. The maximum absolute atomic E-state index is 14.6. The summed E-state index contributed by atoms with van der Waals surface area (Å²) < 4.78 is 25.9. The summed E-state index contributed by atoms with van der Waals surface area (Å²) in [6, 6.07) is 9.04. The molecule has 8 heteroatoms. The van der Waals surface area contributed by atoms with Crippen LogP contribution in [0.15, 0.2) is 41.5 Å². The monoisotopic (exact) mass is 596 g/mol. The minimum absolute atomic E-state index is 0.0545. The van der Waals surface area contributed by atoms with E-state index in [0.717, 1.165) is 11.1 Å². The van der Waals surface area contributed by atoms with Crippen molar-refractivity contribution in [3.05, 3.63) is 47.0 Å². The Labute approximate surface area is 251 Å². The number of rotatable bonds is 5. The third kappa shape index (κ3) is 4.63. The molecule has 42 heavy (non-hydrogen) atoms. The summed E-state index contributed by atoms with van der Waals surface area (Å²) in [4.78, 5) is 41.3. The molecule has 5 rings (SSSR count). The van der Waals surface area contributed by atoms with E-state index in [2.05, 4.69) is 54.3 Å². The van der Waals surface area contributed by atoms with E-state index in [1.807, 2.05) is 25.1 Å². The van der Waals surface area contributed by atoms with Crippen molar-refractivity contribution in [3.8, 4) is 0 Å². The number of benzene rings is 1. The van der Waals surface area contributed by atoms with E-state index in [1.165, 1.54) is 6.92 Å². The number of carbonyl (C=O) groups is 3. The molecule has 1 aliphatic heterocycles. The van der Waals surface area contributed by atoms with Crippen LogP contribution < -0.4 is 0 Å². The topological polar surface area (TPSA) is 88.1 Å². The summed E-state index contributed by atoms with van der Waals surface area (Å²) in [7, 11) is -2.02. The van der Waals surface area contributed by atoms with Gasteiger partial charge in [0.15, 0.2) is 19.7 Å². The Bertz CT molecular complexity index is 1310. The van der Waals surface area contributed by atoms with Gasteiger partial charge in [-0.3, -0.25) is 9.59 Å². The molecule has 1 aromatic rings. The van der Waals surface area contributed by atoms with Crippen LogP contribution in [-0.2, 0) is 28.2 Å². The van der Waals surface area contributed by atoms with E-state index in [-0.39, 0.29) is 36.9 Å². The zero-order valence-corrected chi connectivity index (χ0v) is 28.0. The molecule has 0 N–H and O–H groups in total. The number of hydrogen-bond donors (Lipinski definition) is 0. The second kappa shape index (κ2) is 10.1. The molecule has 3 fully saturated rings. The quantitative estimate of drug-likeness (QED) is 0.282. The van der Waals surface area contributed by atoms with Gasteiger partial charge in [0.25, 0.3) is 0 Å². The van der Waals surface area contributed by atoms with Gasteiger partial charge in [0.05, 0.1) is 18.3 Å². The molecule has 1 unspecified atom stereocenters. The summed E-state index contributed by atoms with van der Waals surface area (Å²) >= 11 is 0. The third-order valence-electron chi connectivity index (χ3n) is 11.3. The fourth-order valence-corrected chi connectivity index (χ4v) is 9.89. The second-order valence-electron chi connectivity index (χ2n) is 15.3. The lowest BCUT2D eigenvalue weighted by molar-refractivity contribution is -0.338. The molecule has 2 bridgehead atoms. The lowest BCUT2D eigenvalue weighted by Crippen LogP contribution is -2.77. The Hall–Kier alpha value is -2.29. The highest BCUT2D eigenvalue weighted by atomic mass is 28.4. The van der Waals surface area contributed by atoms with Gasteiger partial charge in [-0.25, -0.2) is 4.79 Å². The van der Waals surface area contributed by atoms with Gasteiger partial charge in [0.1, 0.15) is 12.2 Å². The fourth-order valence-electron chi connectivity index (χ4n) is 8.78. The number of esters is 2. The van der Waals surface area contributed by atoms with Gasteiger partial charge in [0.2, 0.25) is 0 Å². The number of hydrogen-bond acceptors (Lipinski definition) is 7. The van der Waals surface area contributed by atoms with Crippen LogP contribution in [-0.4, -0.2) is 56.6 Å². The Balaban J connectivity index is 1.78. The van der Waals surface area contributed by atoms with Crippen LogP contribution in [0.5, 0.6) is 0 Å². The zero-order chi connectivity index (χ0) is 31.0. The van der Waals surface area contributed by atoms with Crippen LogP contribution in [0, 0.1) is 28.1 Å². The minimum Gasteiger partial charge on any atom is -0.458 e. The van der Waals surface area contributed by atoms with E-state index in [4.69, 9.17) is 18.6 Å². The van der Waals surface area contributed by atoms with Crippen LogP contribution in [0.25, 0.3) is 0 Å². The molecule has 8 atom stereocenters. The van der Waals surface area contributed by atoms with Gasteiger partial charge < -0.3 is 18.6 Å². The molecule has 1 heterocycles. The third-order valence-corrected chi connectivity index (χ3v) is 12.3. The van der Waals surface area contributed by atoms with E-state index >= 15 is 0 Å². The van der Waals surface area contributed by atoms with Crippen LogP contribution in [0.4, 0.5) is 0 Å². The van der Waals surface area contributed by atoms with Crippen molar-refractivity contribution in [2.45, 2.75) is 111 Å². The second-order valence-corrected chi connectivity index (χ2v) is 19.7. The highest BCUT2D eigenvalue weighted by Gasteiger charge is 2.74. The maximum Gasteiger partial charge on any atom is 0.338 e. The molecule has 1 aromatic carbocycles. The fraction of sp³-hybridized carbons (Fsp3) is 0.676. The van der Waals surface area contributed by atoms with Crippen molar-refractivity contribution >= 4 is 26.0 Å². The first kappa shape index (κ1) is 31.1. The van der Waals surface area contributed by atoms with Gasteiger partial charge in [-0.1, -0.05) is 52.8 Å². The minimum atomic E-state index is -2.02. The normalized spacial score (nSPS) is 39.2. The number of ether oxygens (including phenoxy) is 3. The Morgan fingerprint density at radius 1 is 1.05 bits per heavy atom. The number of allylic oxidation sites excluding steroid dienone is 1. The predicted octanol–water partition coefficient (Wildman–Crippen LogP) is 6.52. The highest BCUT2D eigenvalue weighted by Crippen LogP contribution is 2.68. The average molecular weight is 597 g/mol. The largest absolute Gasteiger partial charge is 0.458 e. The molecule has 0 spiro atoms. The van der Waals surface area contributed by atoms with Gasteiger partial charge in [0, 0.05) is 35.7 Å². The SMILES string of the molecule is CC(=O)O[C@@]12CO[C@@H]1C[C@H](C)[C@@]1(C)CC(=O)C3=C(C)[C@@H](O[Si](C)(C)C)C[C@@](C)([C@@H](OC(=O)c4ccccc4)C12)C3(C)C. The van der Waals surface area contributed by atoms with Gasteiger partial charge in [-0.05, 0) is 68.4 Å². The number of fused-ring (bicyclic) bond motifs is 5. The molecule has 1 saturated heterocycles. The maximum atomic E-state index is 14.6. The first-order valence-electron chi connectivity index (χ1n) is 15.4. The molecule has 0 radical (unpaired) electrons. The van der Waals surface area contributed by atoms with Crippen LogP contribution in [0.3, 0.4) is 0 Å². The molecule has 0 aromatic heterocycles. The number of carbonyl (C=O) groups excluding carboxylic acids is 3.